The fourth-order valence-corrected chi connectivity index (χ4v) is 17.9. The summed E-state index contributed by atoms with van der Waals surface area (Å²) in [5.74, 6) is 10.2. The summed E-state index contributed by atoms with van der Waals surface area (Å²) < 4.78 is 4.12. The quantitative estimate of drug-likeness (QED) is 0.0270. The van der Waals surface area contributed by atoms with E-state index in [0.717, 1.165) is 154 Å². The molecule has 4 unspecified atom stereocenters. The first-order valence-corrected chi connectivity index (χ1v) is 42.2. The summed E-state index contributed by atoms with van der Waals surface area (Å²) in [6, 6.07) is 83.2. The van der Waals surface area contributed by atoms with Crippen molar-refractivity contribution in [2.75, 3.05) is 46.3 Å². The van der Waals surface area contributed by atoms with Gasteiger partial charge in [0.05, 0.1) is 17.9 Å². The Hall–Kier alpha value is -17.3. The molecule has 0 saturated carbocycles. The van der Waals surface area contributed by atoms with E-state index >= 15 is 0 Å². The van der Waals surface area contributed by atoms with Crippen LogP contribution in [0.15, 0.2) is 310 Å². The van der Waals surface area contributed by atoms with Gasteiger partial charge in [-0.15, -0.1) is 19.3 Å². The minimum atomic E-state index is -0.427. The lowest BCUT2D eigenvalue weighted by molar-refractivity contribution is -0.671. The zero-order valence-corrected chi connectivity index (χ0v) is 70.5. The largest absolute Gasteiger partial charge is 0.370 e. The number of nitriles is 3. The number of carbonyl (C=O) groups excluding carboxylic acids is 4. The van der Waals surface area contributed by atoms with Gasteiger partial charge in [0, 0.05) is 148 Å². The molecule has 3 fully saturated rings. The number of imide groups is 1. The number of nitrogens with one attached hydrogen (secondary N) is 8. The van der Waals surface area contributed by atoms with Crippen molar-refractivity contribution in [3.63, 3.8) is 0 Å². The van der Waals surface area contributed by atoms with Crippen molar-refractivity contribution >= 4 is 128 Å². The molecule has 14 aromatic rings. The van der Waals surface area contributed by atoms with Crippen LogP contribution in [0.5, 0.6) is 0 Å². The molecule has 2 aromatic heterocycles. The van der Waals surface area contributed by atoms with Crippen LogP contribution in [0, 0.1) is 88.8 Å². The Morgan fingerprint density at radius 1 is 0.422 bits per heavy atom. The van der Waals surface area contributed by atoms with Gasteiger partial charge >= 0.3 is 0 Å². The van der Waals surface area contributed by atoms with Crippen LogP contribution in [0.2, 0.25) is 0 Å². The van der Waals surface area contributed by atoms with Crippen LogP contribution < -0.4 is 83.0 Å². The van der Waals surface area contributed by atoms with Crippen LogP contribution in [0.4, 0.5) is 0 Å². The molecule has 8 N–H and O–H groups in total. The summed E-state index contributed by atoms with van der Waals surface area (Å²) in [5.41, 5.74) is 10.1. The van der Waals surface area contributed by atoms with Crippen molar-refractivity contribution in [1.29, 1.82) is 15.8 Å². The van der Waals surface area contributed by atoms with E-state index in [9.17, 15) is 29.7 Å². The van der Waals surface area contributed by atoms with Gasteiger partial charge in [-0.1, -0.05) is 248 Å². The molecule has 3 aliphatic carbocycles. The number of pyridine rings is 2. The van der Waals surface area contributed by atoms with Gasteiger partial charge in [-0.2, -0.15) is 15.8 Å². The van der Waals surface area contributed by atoms with Crippen molar-refractivity contribution < 1.29 is 28.3 Å². The number of benzene rings is 12. The van der Waals surface area contributed by atoms with E-state index in [-0.39, 0.29) is 41.1 Å². The maximum atomic E-state index is 12.7. The lowest BCUT2D eigenvalue weighted by atomic mass is 9.72. The smallest absolute Gasteiger partial charge is 0.261 e. The van der Waals surface area contributed by atoms with Crippen LogP contribution >= 0.6 is 0 Å². The second kappa shape index (κ2) is 36.8. The van der Waals surface area contributed by atoms with Gasteiger partial charge in [-0.3, -0.25) is 24.1 Å². The van der Waals surface area contributed by atoms with E-state index in [2.05, 4.69) is 222 Å². The molecule has 0 radical (unpaired) electrons. The van der Waals surface area contributed by atoms with Crippen molar-refractivity contribution in [2.45, 2.75) is 5.92 Å². The highest BCUT2D eigenvalue weighted by atomic mass is 16.2. The highest BCUT2D eigenvalue weighted by Gasteiger charge is 2.39. The second-order valence-electron chi connectivity index (χ2n) is 31.5. The molecule has 8 aliphatic rings. The fourth-order valence-electron chi connectivity index (χ4n) is 17.9. The number of amides is 2. The molecule has 5 aliphatic heterocycles. The summed E-state index contributed by atoms with van der Waals surface area (Å²) in [6.45, 7) is 5.64. The van der Waals surface area contributed by atoms with Crippen molar-refractivity contribution in [3.05, 3.63) is 386 Å². The highest BCUT2D eigenvalue weighted by molar-refractivity contribution is 6.38. The molecule has 128 heavy (non-hydrogen) atoms. The van der Waals surface area contributed by atoms with Gasteiger partial charge in [0.1, 0.15) is 66.6 Å². The molecule has 7 heterocycles. The monoisotopic (exact) mass is 1670 g/mol. The average molecular weight is 1670 g/mol. The number of terminal acetylenes is 3. The average Bonchev–Trinajstić information content (AvgIpc) is 1.57. The third kappa shape index (κ3) is 16.0. The van der Waals surface area contributed by atoms with Crippen molar-refractivity contribution in [2.24, 2.45) is 31.8 Å². The molecule has 0 bridgehead atoms. The fraction of sp³-hybridized carbons (Fsp3) is 0.118. The molecule has 2 amide bonds. The third-order valence-electron chi connectivity index (χ3n) is 24.1. The van der Waals surface area contributed by atoms with Gasteiger partial charge in [-0.05, 0) is 104 Å². The normalized spacial score (nSPS) is 16.2. The molecule has 3 saturated heterocycles. The van der Waals surface area contributed by atoms with Crippen molar-refractivity contribution in [1.82, 2.24) is 47.4 Å². The first-order valence-electron chi connectivity index (χ1n) is 42.2. The van der Waals surface area contributed by atoms with Crippen LogP contribution in [0.25, 0.3) is 104 Å². The van der Waals surface area contributed by atoms with Gasteiger partial charge in [0.15, 0.2) is 36.4 Å². The van der Waals surface area contributed by atoms with E-state index in [0.29, 0.717) is 33.4 Å². The van der Waals surface area contributed by atoms with Crippen LogP contribution in [-0.2, 0) is 14.1 Å². The Kier molecular flexibility index (Phi) is 23.9. The highest BCUT2D eigenvalue weighted by Crippen LogP contribution is 2.44. The van der Waals surface area contributed by atoms with E-state index in [1.54, 1.807) is 31.3 Å². The molecule has 618 valence electrons. The molecule has 18 heteroatoms. The molecule has 0 spiro atoms. The van der Waals surface area contributed by atoms with E-state index < -0.39 is 5.92 Å². The Balaban J connectivity index is 0.000000109. The number of aryl methyl sites for hydroxylation is 2. The summed E-state index contributed by atoms with van der Waals surface area (Å²) in [7, 11) is 5.63. The SMILES string of the molecule is C#CC(C#N)=c1c2ccccc2c(=C2NCCN2)c2ccccc12.C#CC(C#N)=c1ccc(=C2NC=CN2)cc1.C#CC(C#N)C1C=CC(=C2NCCN2)c2ccccc21.CN1C(=O)c2ccc3c4cccc5cccc(c6ccc(c2c36)C1=O)c54.C[n+]1ccc(C(c2cc[n+](C)cc2)=c2ccc(=C3NCCN3)cc2)cc1.O=C1c2ccccc2C(=O)C2C=CC=CC12. The first kappa shape index (κ1) is 83.0. The van der Waals surface area contributed by atoms with Crippen LogP contribution in [-0.4, -0.2) is 74.6 Å². The Morgan fingerprint density at radius 2 is 0.859 bits per heavy atom. The summed E-state index contributed by atoms with van der Waals surface area (Å²) in [5, 5.41) is 73.1. The topological polar surface area (TPSA) is 247 Å². The lowest BCUT2D eigenvalue weighted by Crippen LogP contribution is -2.36. The molecule has 12 aromatic carbocycles. The molecule has 18 nitrogen and oxygen atoms in total. The van der Waals surface area contributed by atoms with Gasteiger partial charge in [-0.25, -0.2) is 9.13 Å². The minimum absolute atomic E-state index is 0.0352. The number of Topliss-reactive ketones (excluding diaryl/α,β-unsaturated/α-hetero) is 2. The maximum Gasteiger partial charge on any atom is 0.261 e. The van der Waals surface area contributed by atoms with E-state index in [1.807, 2.05) is 160 Å². The molecule has 4 atom stereocenters. The lowest BCUT2D eigenvalue weighted by Gasteiger charge is -2.28. The number of fused-ring (bicyclic) bond motifs is 7. The number of rotatable bonds is 3. The number of carbonyl (C=O) groups is 4. The van der Waals surface area contributed by atoms with E-state index in [4.69, 9.17) is 24.5 Å². The van der Waals surface area contributed by atoms with Gasteiger partial charge in [0.2, 0.25) is 0 Å². The Labute approximate surface area is 739 Å². The predicted molar refractivity (Wildman–Crippen MR) is 506 cm³/mol. The van der Waals surface area contributed by atoms with E-state index in [1.165, 1.54) is 42.8 Å². The minimum Gasteiger partial charge on any atom is -0.370 e. The molecular weight excluding hydrogens is 1580 g/mol. The number of hydrogen-bond acceptors (Lipinski definition) is 15. The van der Waals surface area contributed by atoms with Crippen LogP contribution in [0.3, 0.4) is 0 Å². The number of aromatic nitrogens is 2. The summed E-state index contributed by atoms with van der Waals surface area (Å²) in [6.07, 6.45) is 39.7. The second-order valence-corrected chi connectivity index (χ2v) is 31.5. The molecule has 22 rings (SSSR count). The van der Waals surface area contributed by atoms with Gasteiger partial charge in [0.25, 0.3) is 11.8 Å². The number of ketones is 2. The zero-order valence-electron chi connectivity index (χ0n) is 70.5. The Morgan fingerprint density at radius 3 is 1.34 bits per heavy atom. The summed E-state index contributed by atoms with van der Waals surface area (Å²) >= 11 is 0. The molecular formula is C110H86N14O4+2. The van der Waals surface area contributed by atoms with Gasteiger partial charge < -0.3 is 42.5 Å². The first-order chi connectivity index (χ1) is 62.7. The Bertz CT molecular complexity index is 7440. The van der Waals surface area contributed by atoms with Crippen molar-refractivity contribution in [3.8, 4) is 55.2 Å². The third-order valence-corrected chi connectivity index (χ3v) is 24.1. The number of nitrogens with zero attached hydrogens (tertiary/aromatic N) is 6. The zero-order chi connectivity index (χ0) is 88.5. The predicted octanol–water partition coefficient (Wildman–Crippen LogP) is 10.5. The number of hydrogen-bond donors (Lipinski definition) is 8. The summed E-state index contributed by atoms with van der Waals surface area (Å²) in [4.78, 5) is 50.9. The van der Waals surface area contributed by atoms with Crippen LogP contribution in [0.1, 0.15) is 69.6 Å². The number of allylic oxidation sites excluding steroid dienone is 7. The standard InChI is InChI=1S/C23H13NO2.C22H23N4.C21H15N3.C17H15N3.C14H10O2.C13H9N3/c1-24-22(25)17-10-8-15-13-6-2-4-12-5-3-7-14(19(12)13)16-9-11-18(23(24)26)21(17)20(15)16;1-25-13-7-18(8-14-25)21(19-9-15-26(2)16-10-19)17-3-5-20(6-4-17)22-23-11-12-24-22;1-2-14(13-22)19-15-7-3-5-9-17(15)20(21-23-11-12-24-21)18-10-6-4-8-16(18)19;1-2-12(11-18)13-7-8-16(17-19-9-10-20-17)15-6-4-3-5-14(13)15;15-13-9-5-1-2-6-10(9)14(16)12-8-4-3-7-11(12)13;1-2-10(9-14)11-3-5-12(6-4-11)13-15-7-8-16-13/h2-11H,1H3;3-10,13-16H,11-12H2,1-2H3,(H,23,24);1,3-10,23-24H,11-12H2;1,3-8,12-13,19-20H,9-10H2;1-10H;1,3-8,15-16H/q;+1;;;;/p+1. The maximum absolute atomic E-state index is 12.7.